The summed E-state index contributed by atoms with van der Waals surface area (Å²) < 4.78 is 45.7. The van der Waals surface area contributed by atoms with E-state index >= 15 is 4.39 Å². The van der Waals surface area contributed by atoms with Crippen LogP contribution in [0.5, 0.6) is 0 Å². The van der Waals surface area contributed by atoms with Crippen molar-refractivity contribution in [2.75, 3.05) is 4.31 Å². The third-order valence-electron chi connectivity index (χ3n) is 6.70. The van der Waals surface area contributed by atoms with Gasteiger partial charge in [0, 0.05) is 29.8 Å². The summed E-state index contributed by atoms with van der Waals surface area (Å²) in [5, 5.41) is 29.5. The number of hydrogen-bond donors (Lipinski definition) is 2. The standard InChI is InChI=1S/C27H20FN3O9S/c28-22-11-20-23(29(17-5-6-17)14-21(25(20)32)27(35)36)12-24(22)30(13-15-1-3-16(4-2-15)26(33)34)41(39,40)19-9-7-18(8-10-19)31(37)38/h1-4,7-12,14,17H,5-6,13H2,(H,33,34)(H,35,36). The van der Waals surface area contributed by atoms with Gasteiger partial charge in [-0.25, -0.2) is 22.4 Å². The fourth-order valence-electron chi connectivity index (χ4n) is 4.44. The molecule has 0 aliphatic heterocycles. The molecule has 1 fully saturated rings. The fourth-order valence-corrected chi connectivity index (χ4v) is 5.89. The Balaban J connectivity index is 1.72. The van der Waals surface area contributed by atoms with Crippen LogP contribution in [0.1, 0.15) is 45.2 Å². The van der Waals surface area contributed by atoms with E-state index in [9.17, 15) is 43.1 Å². The molecule has 0 saturated heterocycles. The predicted molar refractivity (Wildman–Crippen MR) is 143 cm³/mol. The van der Waals surface area contributed by atoms with E-state index in [1.54, 1.807) is 0 Å². The summed E-state index contributed by atoms with van der Waals surface area (Å²) in [5.74, 6) is -3.82. The molecule has 5 rings (SSSR count). The normalized spacial score (nSPS) is 13.2. The van der Waals surface area contributed by atoms with Crippen molar-refractivity contribution >= 4 is 44.2 Å². The van der Waals surface area contributed by atoms with Crippen LogP contribution >= 0.6 is 0 Å². The Morgan fingerprint density at radius 1 is 1.02 bits per heavy atom. The number of benzene rings is 3. The summed E-state index contributed by atoms with van der Waals surface area (Å²) in [6, 6.07) is 11.0. The fraction of sp³-hybridized carbons (Fsp3) is 0.148. The number of nitro benzene ring substituents is 1. The number of aromatic nitrogens is 1. The van der Waals surface area contributed by atoms with Crippen LogP contribution in [0.25, 0.3) is 10.9 Å². The summed E-state index contributed by atoms with van der Waals surface area (Å²) >= 11 is 0. The number of carbonyl (C=O) groups is 2. The Morgan fingerprint density at radius 3 is 2.20 bits per heavy atom. The van der Waals surface area contributed by atoms with Gasteiger partial charge in [-0.15, -0.1) is 0 Å². The zero-order valence-electron chi connectivity index (χ0n) is 20.9. The van der Waals surface area contributed by atoms with Crippen LogP contribution in [0.3, 0.4) is 0 Å². The highest BCUT2D eigenvalue weighted by molar-refractivity contribution is 7.92. The molecule has 0 amide bonds. The monoisotopic (exact) mass is 581 g/mol. The number of hydrogen-bond acceptors (Lipinski definition) is 7. The van der Waals surface area contributed by atoms with Gasteiger partial charge in [0.2, 0.25) is 5.43 Å². The second kappa shape index (κ2) is 10.1. The molecule has 2 N–H and O–H groups in total. The van der Waals surface area contributed by atoms with Gasteiger partial charge in [0.05, 0.1) is 33.1 Å². The topological polar surface area (TPSA) is 177 Å². The number of anilines is 1. The zero-order valence-corrected chi connectivity index (χ0v) is 21.7. The number of halogens is 1. The van der Waals surface area contributed by atoms with Gasteiger partial charge >= 0.3 is 11.9 Å². The molecule has 0 radical (unpaired) electrons. The van der Waals surface area contributed by atoms with Crippen molar-refractivity contribution in [2.24, 2.45) is 0 Å². The van der Waals surface area contributed by atoms with Crippen LogP contribution in [0.4, 0.5) is 15.8 Å². The first-order valence-corrected chi connectivity index (χ1v) is 13.5. The molecule has 0 spiro atoms. The number of aromatic carboxylic acids is 2. The maximum absolute atomic E-state index is 15.8. The van der Waals surface area contributed by atoms with Gasteiger partial charge in [-0.05, 0) is 54.8 Å². The molecule has 0 unspecified atom stereocenters. The summed E-state index contributed by atoms with van der Waals surface area (Å²) in [4.78, 5) is 45.8. The molecule has 14 heteroatoms. The highest BCUT2D eigenvalue weighted by atomic mass is 32.2. The Morgan fingerprint density at radius 2 is 1.66 bits per heavy atom. The van der Waals surface area contributed by atoms with Crippen molar-refractivity contribution in [1.82, 2.24) is 4.57 Å². The highest BCUT2D eigenvalue weighted by Crippen LogP contribution is 2.39. The maximum atomic E-state index is 15.8. The second-order valence-corrected chi connectivity index (χ2v) is 11.3. The number of nitro groups is 1. The van der Waals surface area contributed by atoms with Gasteiger partial charge in [0.25, 0.3) is 15.7 Å². The lowest BCUT2D eigenvalue weighted by Gasteiger charge is -2.26. The molecule has 0 bridgehead atoms. The van der Waals surface area contributed by atoms with Crippen molar-refractivity contribution in [1.29, 1.82) is 0 Å². The van der Waals surface area contributed by atoms with Gasteiger partial charge in [0.15, 0.2) is 0 Å². The number of pyridine rings is 1. The Hall–Kier alpha value is -5.11. The van der Waals surface area contributed by atoms with E-state index in [4.69, 9.17) is 0 Å². The Bertz CT molecular complexity index is 1900. The molecular formula is C27H20FN3O9S. The lowest BCUT2D eigenvalue weighted by atomic mass is 10.1. The zero-order chi connectivity index (χ0) is 29.6. The summed E-state index contributed by atoms with van der Waals surface area (Å²) in [5.41, 5.74) is -1.94. The number of sulfonamides is 1. The molecule has 41 heavy (non-hydrogen) atoms. The summed E-state index contributed by atoms with van der Waals surface area (Å²) in [6.45, 7) is -0.470. The number of carboxylic acids is 2. The Labute approximate surface area is 230 Å². The van der Waals surface area contributed by atoms with Crippen LogP contribution in [0, 0.1) is 15.9 Å². The lowest BCUT2D eigenvalue weighted by Crippen LogP contribution is -2.31. The highest BCUT2D eigenvalue weighted by Gasteiger charge is 2.31. The molecule has 1 aliphatic rings. The second-order valence-electron chi connectivity index (χ2n) is 9.40. The van der Waals surface area contributed by atoms with E-state index in [1.807, 2.05) is 0 Å². The van der Waals surface area contributed by atoms with E-state index < -0.39 is 55.9 Å². The van der Waals surface area contributed by atoms with Crippen LogP contribution in [0.15, 0.2) is 76.6 Å². The van der Waals surface area contributed by atoms with E-state index in [0.29, 0.717) is 22.7 Å². The van der Waals surface area contributed by atoms with Crippen LogP contribution in [-0.4, -0.2) is 40.1 Å². The first-order valence-electron chi connectivity index (χ1n) is 12.1. The number of non-ortho nitro benzene ring substituents is 1. The first-order chi connectivity index (χ1) is 19.4. The lowest BCUT2D eigenvalue weighted by molar-refractivity contribution is -0.384. The SMILES string of the molecule is O=C(O)c1ccc(CN(c2cc3c(cc2F)c(=O)c(C(=O)O)cn3C2CC2)S(=O)(=O)c2ccc([N+](=O)[O-])cc2)cc1. The molecule has 3 aromatic carbocycles. The first kappa shape index (κ1) is 27.5. The minimum absolute atomic E-state index is 0.0573. The van der Waals surface area contributed by atoms with Gasteiger partial charge < -0.3 is 14.8 Å². The van der Waals surface area contributed by atoms with E-state index in [2.05, 4.69) is 0 Å². The number of fused-ring (bicyclic) bond motifs is 1. The van der Waals surface area contributed by atoms with E-state index in [0.717, 1.165) is 42.6 Å². The third kappa shape index (κ3) is 5.12. The van der Waals surface area contributed by atoms with Crippen molar-refractivity contribution in [3.05, 3.63) is 110 Å². The molecule has 4 aromatic rings. The molecule has 1 aliphatic carbocycles. The largest absolute Gasteiger partial charge is 0.478 e. The van der Waals surface area contributed by atoms with Crippen LogP contribution in [0.2, 0.25) is 0 Å². The van der Waals surface area contributed by atoms with E-state index in [1.165, 1.54) is 28.8 Å². The van der Waals surface area contributed by atoms with Crippen molar-refractivity contribution in [3.63, 3.8) is 0 Å². The number of rotatable bonds is 9. The van der Waals surface area contributed by atoms with Gasteiger partial charge in [-0.3, -0.25) is 19.2 Å². The third-order valence-corrected chi connectivity index (χ3v) is 8.48. The number of carboxylic acid groups (broad SMARTS) is 2. The summed E-state index contributed by atoms with van der Waals surface area (Å²) in [7, 11) is -4.59. The molecule has 210 valence electrons. The average molecular weight is 582 g/mol. The minimum atomic E-state index is -4.59. The molecule has 1 heterocycles. The predicted octanol–water partition coefficient (Wildman–Crippen LogP) is 4.18. The van der Waals surface area contributed by atoms with Crippen molar-refractivity contribution in [2.45, 2.75) is 30.3 Å². The smallest absolute Gasteiger partial charge is 0.341 e. The van der Waals surface area contributed by atoms with Gasteiger partial charge in [0.1, 0.15) is 11.4 Å². The van der Waals surface area contributed by atoms with Crippen LogP contribution in [-0.2, 0) is 16.6 Å². The minimum Gasteiger partial charge on any atom is -0.478 e. The van der Waals surface area contributed by atoms with Crippen LogP contribution < -0.4 is 9.73 Å². The quantitative estimate of drug-likeness (QED) is 0.217. The van der Waals surface area contributed by atoms with Crippen molar-refractivity contribution in [3.8, 4) is 0 Å². The average Bonchev–Trinajstić information content (AvgIpc) is 3.77. The molecule has 0 atom stereocenters. The Kier molecular flexibility index (Phi) is 6.78. The maximum Gasteiger partial charge on any atom is 0.341 e. The molecule has 1 aromatic heterocycles. The van der Waals surface area contributed by atoms with Gasteiger partial charge in [-0.2, -0.15) is 0 Å². The molecular weight excluding hydrogens is 561 g/mol. The molecule has 1 saturated carbocycles. The van der Waals surface area contributed by atoms with Crippen molar-refractivity contribution < 1.29 is 37.5 Å². The number of nitrogens with zero attached hydrogens (tertiary/aromatic N) is 3. The van der Waals surface area contributed by atoms with E-state index in [-0.39, 0.29) is 33.1 Å². The molecule has 12 nitrogen and oxygen atoms in total. The summed E-state index contributed by atoms with van der Waals surface area (Å²) in [6.07, 6.45) is 2.50. The van der Waals surface area contributed by atoms with Gasteiger partial charge in [-0.1, -0.05) is 12.1 Å².